The molecule has 22 heavy (non-hydrogen) atoms. The molecule has 1 saturated heterocycles. The number of pyridine rings is 1. The molecule has 116 valence electrons. The standard InChI is InChI=1S/C15H16F2N4O/c1-9-5-10(2)21(19-9)12-3-4-20(8-12)15(22)14-13(17)6-11(16)7-18-14/h5-7,12H,3-4,8H2,1-2H3/t12-/m1/s1. The summed E-state index contributed by atoms with van der Waals surface area (Å²) in [7, 11) is 0. The van der Waals surface area contributed by atoms with Gasteiger partial charge in [0.2, 0.25) is 0 Å². The monoisotopic (exact) mass is 306 g/mol. The van der Waals surface area contributed by atoms with Gasteiger partial charge >= 0.3 is 0 Å². The van der Waals surface area contributed by atoms with Gasteiger partial charge in [0.15, 0.2) is 11.5 Å². The quantitative estimate of drug-likeness (QED) is 0.855. The van der Waals surface area contributed by atoms with Gasteiger partial charge in [-0.2, -0.15) is 5.10 Å². The molecule has 1 amide bonds. The summed E-state index contributed by atoms with van der Waals surface area (Å²) in [6.07, 6.45) is 1.60. The molecule has 5 nitrogen and oxygen atoms in total. The van der Waals surface area contributed by atoms with Crippen molar-refractivity contribution in [3.05, 3.63) is 47.0 Å². The minimum absolute atomic E-state index is 0.0705. The van der Waals surface area contributed by atoms with Crippen LogP contribution in [0, 0.1) is 25.5 Å². The molecular formula is C15H16F2N4O. The van der Waals surface area contributed by atoms with E-state index in [4.69, 9.17) is 0 Å². The number of aryl methyl sites for hydroxylation is 2. The summed E-state index contributed by atoms with van der Waals surface area (Å²) in [5, 5.41) is 4.43. The van der Waals surface area contributed by atoms with Gasteiger partial charge in [0.25, 0.3) is 5.91 Å². The van der Waals surface area contributed by atoms with E-state index in [-0.39, 0.29) is 11.7 Å². The first-order valence-electron chi connectivity index (χ1n) is 7.09. The second-order valence-electron chi connectivity index (χ2n) is 5.55. The van der Waals surface area contributed by atoms with Gasteiger partial charge < -0.3 is 4.90 Å². The second-order valence-corrected chi connectivity index (χ2v) is 5.55. The number of carbonyl (C=O) groups is 1. The van der Waals surface area contributed by atoms with E-state index in [0.29, 0.717) is 19.2 Å². The van der Waals surface area contributed by atoms with E-state index in [0.717, 1.165) is 24.0 Å². The Morgan fingerprint density at radius 3 is 2.73 bits per heavy atom. The maximum absolute atomic E-state index is 13.7. The van der Waals surface area contributed by atoms with Gasteiger partial charge in [-0.3, -0.25) is 9.48 Å². The van der Waals surface area contributed by atoms with Crippen molar-refractivity contribution in [3.8, 4) is 0 Å². The molecule has 0 bridgehead atoms. The van der Waals surface area contributed by atoms with Crippen molar-refractivity contribution in [2.75, 3.05) is 13.1 Å². The summed E-state index contributed by atoms with van der Waals surface area (Å²) in [6.45, 7) is 4.82. The highest BCUT2D eigenvalue weighted by Gasteiger charge is 2.31. The van der Waals surface area contributed by atoms with Crippen LogP contribution in [0.2, 0.25) is 0 Å². The highest BCUT2D eigenvalue weighted by Crippen LogP contribution is 2.24. The van der Waals surface area contributed by atoms with Gasteiger partial charge in [0.05, 0.1) is 17.9 Å². The van der Waals surface area contributed by atoms with Crippen molar-refractivity contribution in [2.24, 2.45) is 0 Å². The molecule has 3 rings (SSSR count). The van der Waals surface area contributed by atoms with E-state index in [1.54, 1.807) is 0 Å². The highest BCUT2D eigenvalue weighted by molar-refractivity contribution is 5.92. The number of likely N-dealkylation sites (tertiary alicyclic amines) is 1. The fraction of sp³-hybridized carbons (Fsp3) is 0.400. The summed E-state index contributed by atoms with van der Waals surface area (Å²) >= 11 is 0. The van der Waals surface area contributed by atoms with E-state index in [2.05, 4.69) is 10.1 Å². The molecule has 1 atom stereocenters. The van der Waals surface area contributed by atoms with Crippen molar-refractivity contribution in [1.29, 1.82) is 0 Å². The lowest BCUT2D eigenvalue weighted by molar-refractivity contribution is 0.0775. The van der Waals surface area contributed by atoms with Crippen molar-refractivity contribution in [3.63, 3.8) is 0 Å². The zero-order valence-electron chi connectivity index (χ0n) is 12.4. The summed E-state index contributed by atoms with van der Waals surface area (Å²) in [6, 6.07) is 2.72. The van der Waals surface area contributed by atoms with Gasteiger partial charge in [-0.15, -0.1) is 0 Å². The third-order valence-electron chi connectivity index (χ3n) is 3.85. The highest BCUT2D eigenvalue weighted by atomic mass is 19.1. The Hall–Kier alpha value is -2.31. The number of amides is 1. The Labute approximate surface area is 126 Å². The summed E-state index contributed by atoms with van der Waals surface area (Å²) in [5.41, 5.74) is 1.62. The molecule has 0 spiro atoms. The lowest BCUT2D eigenvalue weighted by Crippen LogP contribution is -2.31. The Balaban J connectivity index is 1.77. The number of rotatable bonds is 2. The zero-order chi connectivity index (χ0) is 15.9. The van der Waals surface area contributed by atoms with E-state index in [1.807, 2.05) is 24.6 Å². The van der Waals surface area contributed by atoms with Crippen LogP contribution in [0.15, 0.2) is 18.3 Å². The minimum atomic E-state index is -0.931. The van der Waals surface area contributed by atoms with Gasteiger partial charge in [-0.1, -0.05) is 0 Å². The maximum atomic E-state index is 13.7. The number of hydrogen-bond acceptors (Lipinski definition) is 3. The lowest BCUT2D eigenvalue weighted by Gasteiger charge is -2.17. The summed E-state index contributed by atoms with van der Waals surface area (Å²) < 4.78 is 28.5. The van der Waals surface area contributed by atoms with Crippen LogP contribution in [0.1, 0.15) is 34.3 Å². The smallest absolute Gasteiger partial charge is 0.275 e. The molecule has 1 aliphatic heterocycles. The number of halogens is 2. The van der Waals surface area contributed by atoms with E-state index in [1.165, 1.54) is 4.90 Å². The molecule has 2 aromatic rings. The third-order valence-corrected chi connectivity index (χ3v) is 3.85. The van der Waals surface area contributed by atoms with Crippen LogP contribution in [0.25, 0.3) is 0 Å². The van der Waals surface area contributed by atoms with E-state index < -0.39 is 17.5 Å². The zero-order valence-corrected chi connectivity index (χ0v) is 12.4. The van der Waals surface area contributed by atoms with Gasteiger partial charge in [-0.25, -0.2) is 13.8 Å². The predicted octanol–water partition coefficient (Wildman–Crippen LogP) is 2.26. The first kappa shape index (κ1) is 14.6. The molecule has 0 aliphatic carbocycles. The van der Waals surface area contributed by atoms with Crippen LogP contribution in [-0.2, 0) is 0 Å². The number of hydrogen-bond donors (Lipinski definition) is 0. The van der Waals surface area contributed by atoms with Crippen LogP contribution in [0.5, 0.6) is 0 Å². The fourth-order valence-corrected chi connectivity index (χ4v) is 2.86. The fourth-order valence-electron chi connectivity index (χ4n) is 2.86. The van der Waals surface area contributed by atoms with Crippen LogP contribution in [0.3, 0.4) is 0 Å². The molecule has 0 radical (unpaired) electrons. The first-order chi connectivity index (χ1) is 10.5. The van der Waals surface area contributed by atoms with E-state index >= 15 is 0 Å². The Morgan fingerprint density at radius 2 is 2.09 bits per heavy atom. The molecule has 1 aliphatic rings. The molecular weight excluding hydrogens is 290 g/mol. The van der Waals surface area contributed by atoms with Gasteiger partial charge in [0.1, 0.15) is 5.82 Å². The maximum Gasteiger partial charge on any atom is 0.275 e. The van der Waals surface area contributed by atoms with Gasteiger partial charge in [0, 0.05) is 24.8 Å². The summed E-state index contributed by atoms with van der Waals surface area (Å²) in [4.78, 5) is 17.4. The summed E-state index contributed by atoms with van der Waals surface area (Å²) in [5.74, 6) is -2.24. The number of nitrogens with zero attached hydrogens (tertiary/aromatic N) is 4. The molecule has 3 heterocycles. The third kappa shape index (κ3) is 2.58. The van der Waals surface area contributed by atoms with Crippen LogP contribution >= 0.6 is 0 Å². The second kappa shape index (κ2) is 5.47. The SMILES string of the molecule is Cc1cc(C)n([C@@H]2CCN(C(=O)c3ncc(F)cc3F)C2)n1. The van der Waals surface area contributed by atoms with E-state index in [9.17, 15) is 13.6 Å². The average molecular weight is 306 g/mol. The van der Waals surface area contributed by atoms with Crippen LogP contribution in [-0.4, -0.2) is 38.7 Å². The predicted molar refractivity (Wildman–Crippen MR) is 75.4 cm³/mol. The number of aromatic nitrogens is 3. The van der Waals surface area contributed by atoms with Gasteiger partial charge in [-0.05, 0) is 26.3 Å². The molecule has 2 aromatic heterocycles. The van der Waals surface area contributed by atoms with Crippen molar-refractivity contribution in [1.82, 2.24) is 19.7 Å². The van der Waals surface area contributed by atoms with Crippen LogP contribution < -0.4 is 0 Å². The topological polar surface area (TPSA) is 51.0 Å². The first-order valence-corrected chi connectivity index (χ1v) is 7.09. The molecule has 0 aromatic carbocycles. The van der Waals surface area contributed by atoms with Crippen molar-refractivity contribution >= 4 is 5.91 Å². The molecule has 7 heteroatoms. The van der Waals surface area contributed by atoms with Crippen molar-refractivity contribution < 1.29 is 13.6 Å². The van der Waals surface area contributed by atoms with Crippen molar-refractivity contribution in [2.45, 2.75) is 26.3 Å². The normalized spacial score (nSPS) is 18.0. The minimum Gasteiger partial charge on any atom is -0.335 e. The molecule has 0 saturated carbocycles. The lowest BCUT2D eigenvalue weighted by atomic mass is 10.2. The van der Waals surface area contributed by atoms with Crippen LogP contribution in [0.4, 0.5) is 8.78 Å². The number of carbonyl (C=O) groups excluding carboxylic acids is 1. The Kier molecular flexibility index (Phi) is 3.64. The molecule has 0 unspecified atom stereocenters. The molecule has 1 fully saturated rings. The Bertz CT molecular complexity index is 728. The average Bonchev–Trinajstić information content (AvgIpc) is 3.04. The molecule has 0 N–H and O–H groups in total. The largest absolute Gasteiger partial charge is 0.335 e. The Morgan fingerprint density at radius 1 is 1.32 bits per heavy atom.